The fourth-order valence-corrected chi connectivity index (χ4v) is 4.72. The highest BCUT2D eigenvalue weighted by molar-refractivity contribution is 5.96. The van der Waals surface area contributed by atoms with E-state index in [2.05, 4.69) is 30.5 Å². The fourth-order valence-electron chi connectivity index (χ4n) is 4.72. The number of nitrogens with zero attached hydrogens (tertiary/aromatic N) is 6. The van der Waals surface area contributed by atoms with Crippen LogP contribution in [0.15, 0.2) is 40.2 Å². The SMILES string of the molecule is CCC(=O)Cn1c(=O)c(N[C@@H](C)C(=O)Nc2ccnc(-c3ccc(N4CC5CC5C4)nc3)n2)c(N)n(C)c1=O. The van der Waals surface area contributed by atoms with Crippen LogP contribution in [0, 0.1) is 11.8 Å². The maximum atomic E-state index is 13.0. The highest BCUT2D eigenvalue weighted by atomic mass is 16.2. The van der Waals surface area contributed by atoms with Gasteiger partial charge in [-0.05, 0) is 43.4 Å². The Bertz CT molecular complexity index is 1540. The number of pyridine rings is 1. The number of nitrogens with two attached hydrogens (primary N) is 1. The predicted octanol–water partition coefficient (Wildman–Crippen LogP) is 0.856. The molecule has 13 heteroatoms. The lowest BCUT2D eigenvalue weighted by Gasteiger charge is -2.19. The molecule has 1 amide bonds. The first kappa shape index (κ1) is 26.1. The quantitative estimate of drug-likeness (QED) is 0.358. The van der Waals surface area contributed by atoms with E-state index in [0.29, 0.717) is 11.4 Å². The standard InChI is InChI=1S/C26H31N9O4/c1-4-18(36)13-35-25(38)21(22(27)33(3)26(35)39)30-14(2)24(37)32-19-7-8-28-23(31-19)15-5-6-20(29-10-15)34-11-16-9-17(16)12-34/h5-8,10,14,16-17,30H,4,9,11-13,27H2,1-3H3,(H,28,31,32,37)/t14-,16?,17?/m0/s1. The topological polar surface area (TPSA) is 170 Å². The van der Waals surface area contributed by atoms with Crippen molar-refractivity contribution in [1.29, 1.82) is 0 Å². The van der Waals surface area contributed by atoms with E-state index in [1.165, 1.54) is 26.6 Å². The molecule has 204 valence electrons. The molecule has 1 saturated carbocycles. The van der Waals surface area contributed by atoms with Crippen molar-refractivity contribution in [2.45, 2.75) is 39.3 Å². The number of anilines is 4. The van der Waals surface area contributed by atoms with Crippen LogP contribution in [-0.4, -0.2) is 54.9 Å². The van der Waals surface area contributed by atoms with Gasteiger partial charge >= 0.3 is 5.69 Å². The molecule has 2 aliphatic rings. The van der Waals surface area contributed by atoms with Gasteiger partial charge in [-0.15, -0.1) is 0 Å². The van der Waals surface area contributed by atoms with Crippen molar-refractivity contribution in [3.05, 3.63) is 51.4 Å². The van der Waals surface area contributed by atoms with E-state index in [-0.39, 0.29) is 36.1 Å². The number of aromatic nitrogens is 5. The lowest BCUT2D eigenvalue weighted by atomic mass is 10.2. The molecule has 4 heterocycles. The minimum Gasteiger partial charge on any atom is -0.383 e. The zero-order valence-electron chi connectivity index (χ0n) is 22.0. The zero-order valence-corrected chi connectivity index (χ0v) is 22.0. The van der Waals surface area contributed by atoms with Crippen molar-refractivity contribution in [2.24, 2.45) is 18.9 Å². The summed E-state index contributed by atoms with van der Waals surface area (Å²) in [5.74, 6) is 2.30. The van der Waals surface area contributed by atoms with Gasteiger partial charge in [0.05, 0.1) is 6.54 Å². The summed E-state index contributed by atoms with van der Waals surface area (Å²) in [4.78, 5) is 65.9. The second-order valence-electron chi connectivity index (χ2n) is 10.1. The average Bonchev–Trinajstić information content (AvgIpc) is 3.56. The normalized spacial score (nSPS) is 18.4. The van der Waals surface area contributed by atoms with Gasteiger partial charge in [0.25, 0.3) is 5.56 Å². The monoisotopic (exact) mass is 533 g/mol. The molecule has 3 atom stereocenters. The number of ketones is 1. The van der Waals surface area contributed by atoms with Crippen LogP contribution in [0.2, 0.25) is 0 Å². The smallest absolute Gasteiger partial charge is 0.332 e. The first-order valence-corrected chi connectivity index (χ1v) is 12.9. The molecule has 2 unspecified atom stereocenters. The van der Waals surface area contributed by atoms with E-state index in [0.717, 1.165) is 39.9 Å². The van der Waals surface area contributed by atoms with E-state index in [9.17, 15) is 19.2 Å². The molecule has 1 aliphatic carbocycles. The summed E-state index contributed by atoms with van der Waals surface area (Å²) >= 11 is 0. The maximum Gasteiger partial charge on any atom is 0.332 e. The van der Waals surface area contributed by atoms with E-state index in [1.54, 1.807) is 19.2 Å². The number of carbonyl (C=O) groups excluding carboxylic acids is 2. The van der Waals surface area contributed by atoms with E-state index < -0.39 is 23.2 Å². The van der Waals surface area contributed by atoms with Crippen LogP contribution in [0.3, 0.4) is 0 Å². The molecule has 1 aliphatic heterocycles. The van der Waals surface area contributed by atoms with Crippen LogP contribution < -0.4 is 32.5 Å². The van der Waals surface area contributed by atoms with E-state index in [1.807, 2.05) is 12.1 Å². The van der Waals surface area contributed by atoms with Crippen LogP contribution in [-0.2, 0) is 23.2 Å². The zero-order chi connectivity index (χ0) is 27.8. The van der Waals surface area contributed by atoms with Gasteiger partial charge in [0.1, 0.15) is 29.2 Å². The van der Waals surface area contributed by atoms with Crippen molar-refractivity contribution in [1.82, 2.24) is 24.1 Å². The van der Waals surface area contributed by atoms with Gasteiger partial charge in [-0.3, -0.25) is 23.5 Å². The third kappa shape index (κ3) is 5.24. The highest BCUT2D eigenvalue weighted by Gasteiger charge is 2.45. The average molecular weight is 534 g/mol. The van der Waals surface area contributed by atoms with Crippen molar-refractivity contribution in [2.75, 3.05) is 34.4 Å². The first-order chi connectivity index (χ1) is 18.7. The number of carbonyl (C=O) groups is 2. The minimum absolute atomic E-state index is 0.143. The van der Waals surface area contributed by atoms with Gasteiger partial charge in [0.15, 0.2) is 11.6 Å². The van der Waals surface area contributed by atoms with Crippen molar-refractivity contribution < 1.29 is 9.59 Å². The Labute approximate surface area is 224 Å². The molecule has 3 aromatic rings. The fraction of sp³-hybridized carbons (Fsp3) is 0.423. The second-order valence-corrected chi connectivity index (χ2v) is 10.1. The molecule has 0 bridgehead atoms. The molecule has 0 aromatic carbocycles. The molecule has 5 rings (SSSR count). The minimum atomic E-state index is -0.932. The molecule has 3 aromatic heterocycles. The van der Waals surface area contributed by atoms with Gasteiger partial charge in [0.2, 0.25) is 5.91 Å². The lowest BCUT2D eigenvalue weighted by molar-refractivity contribution is -0.119. The number of piperidine rings is 1. The summed E-state index contributed by atoms with van der Waals surface area (Å²) in [5.41, 5.74) is 5.08. The summed E-state index contributed by atoms with van der Waals surface area (Å²) < 4.78 is 1.86. The van der Waals surface area contributed by atoms with Crippen LogP contribution in [0.5, 0.6) is 0 Å². The van der Waals surface area contributed by atoms with Crippen LogP contribution in [0.1, 0.15) is 26.7 Å². The molecular weight excluding hydrogens is 502 g/mol. The van der Waals surface area contributed by atoms with Crippen molar-refractivity contribution in [3.8, 4) is 11.4 Å². The molecule has 4 N–H and O–H groups in total. The molecule has 1 saturated heterocycles. The molecule has 13 nitrogen and oxygen atoms in total. The van der Waals surface area contributed by atoms with Gasteiger partial charge in [0, 0.05) is 44.5 Å². The summed E-state index contributed by atoms with van der Waals surface area (Å²) in [6, 6.07) is 4.49. The molecular formula is C26H31N9O4. The first-order valence-electron chi connectivity index (χ1n) is 12.9. The lowest BCUT2D eigenvalue weighted by Crippen LogP contribution is -2.44. The van der Waals surface area contributed by atoms with Crippen LogP contribution >= 0.6 is 0 Å². The second kappa shape index (κ2) is 10.3. The summed E-state index contributed by atoms with van der Waals surface area (Å²) in [5, 5.41) is 5.49. The number of nitrogens with one attached hydrogen (secondary N) is 2. The molecule has 0 spiro atoms. The summed E-state index contributed by atoms with van der Waals surface area (Å²) in [7, 11) is 1.39. The Morgan fingerprint density at radius 1 is 1.15 bits per heavy atom. The number of amides is 1. The number of rotatable bonds is 9. The third-order valence-corrected chi connectivity index (χ3v) is 7.29. The Kier molecular flexibility index (Phi) is 6.89. The predicted molar refractivity (Wildman–Crippen MR) is 146 cm³/mol. The molecule has 39 heavy (non-hydrogen) atoms. The van der Waals surface area contributed by atoms with E-state index >= 15 is 0 Å². The Hall–Kier alpha value is -4.55. The molecule has 2 fully saturated rings. The Morgan fingerprint density at radius 3 is 2.56 bits per heavy atom. The third-order valence-electron chi connectivity index (χ3n) is 7.29. The van der Waals surface area contributed by atoms with Crippen LogP contribution in [0.25, 0.3) is 11.4 Å². The van der Waals surface area contributed by atoms with Crippen molar-refractivity contribution in [3.63, 3.8) is 0 Å². The van der Waals surface area contributed by atoms with E-state index in [4.69, 9.17) is 5.73 Å². The number of Topliss-reactive ketones (excluding diaryl/α,β-unsaturated/α-hetero) is 1. The number of hydrogen-bond acceptors (Lipinski definition) is 10. The summed E-state index contributed by atoms with van der Waals surface area (Å²) in [6.45, 7) is 4.90. The number of fused-ring (bicyclic) bond motifs is 1. The van der Waals surface area contributed by atoms with Crippen molar-refractivity contribution >= 4 is 34.8 Å². The molecule has 0 radical (unpaired) electrons. The van der Waals surface area contributed by atoms with Gasteiger partial charge in [-0.25, -0.2) is 19.7 Å². The van der Waals surface area contributed by atoms with Gasteiger partial charge in [-0.1, -0.05) is 6.92 Å². The van der Waals surface area contributed by atoms with Crippen LogP contribution in [0.4, 0.5) is 23.1 Å². The van der Waals surface area contributed by atoms with Gasteiger partial charge in [-0.2, -0.15) is 0 Å². The highest BCUT2D eigenvalue weighted by Crippen LogP contribution is 2.45. The maximum absolute atomic E-state index is 13.0. The number of hydrogen-bond donors (Lipinski definition) is 3. The summed E-state index contributed by atoms with van der Waals surface area (Å²) in [6.07, 6.45) is 4.75. The number of nitrogen functional groups attached to an aromatic ring is 1. The Balaban J connectivity index is 1.28. The Morgan fingerprint density at radius 2 is 1.90 bits per heavy atom. The van der Waals surface area contributed by atoms with Gasteiger partial charge < -0.3 is 21.3 Å². The largest absolute Gasteiger partial charge is 0.383 e.